The van der Waals surface area contributed by atoms with Gasteiger partial charge in [0, 0.05) is 6.54 Å². The molecule has 0 radical (unpaired) electrons. The molecule has 0 bridgehead atoms. The molecule has 0 amide bonds. The van der Waals surface area contributed by atoms with Gasteiger partial charge in [0.1, 0.15) is 0 Å². The number of esters is 1. The summed E-state index contributed by atoms with van der Waals surface area (Å²) in [6.45, 7) is 1.78. The number of methoxy groups -OCH3 is 1. The Balaban J connectivity index is 2.63. The van der Waals surface area contributed by atoms with E-state index >= 15 is 0 Å². The van der Waals surface area contributed by atoms with Crippen molar-refractivity contribution in [2.24, 2.45) is 5.92 Å². The van der Waals surface area contributed by atoms with Gasteiger partial charge in [-0.05, 0) is 26.2 Å². The molecule has 1 saturated carbocycles. The number of sulfonamides is 1. The molecular formula is C11H21NO5S. The molecule has 3 unspecified atom stereocenters. The third-order valence-electron chi connectivity index (χ3n) is 3.22. The highest BCUT2D eigenvalue weighted by atomic mass is 32.2. The van der Waals surface area contributed by atoms with Crippen LogP contribution in [0.15, 0.2) is 0 Å². The molecule has 0 spiro atoms. The summed E-state index contributed by atoms with van der Waals surface area (Å²) < 4.78 is 31.2. The third kappa shape index (κ3) is 3.93. The van der Waals surface area contributed by atoms with Crippen LogP contribution in [0.2, 0.25) is 0 Å². The minimum Gasteiger partial charge on any atom is -0.469 e. The van der Waals surface area contributed by atoms with Crippen molar-refractivity contribution in [2.45, 2.75) is 44.0 Å². The summed E-state index contributed by atoms with van der Waals surface area (Å²) in [5, 5.41) is 8.37. The number of carbonyl (C=O) groups is 1. The molecule has 3 atom stereocenters. The molecule has 6 nitrogen and oxygen atoms in total. The third-order valence-corrected chi connectivity index (χ3v) is 5.19. The predicted octanol–water partition coefficient (Wildman–Crippen LogP) is 0.0184. The van der Waals surface area contributed by atoms with E-state index in [1.807, 2.05) is 0 Å². The minimum atomic E-state index is -3.52. The fourth-order valence-electron chi connectivity index (χ4n) is 2.24. The number of aliphatic hydroxyl groups excluding tert-OH is 1. The van der Waals surface area contributed by atoms with Crippen LogP contribution in [0, 0.1) is 5.92 Å². The zero-order valence-corrected chi connectivity index (χ0v) is 11.6. The van der Waals surface area contributed by atoms with Crippen molar-refractivity contribution in [3.8, 4) is 0 Å². The van der Waals surface area contributed by atoms with Crippen LogP contribution in [-0.4, -0.2) is 44.5 Å². The Morgan fingerprint density at radius 1 is 1.50 bits per heavy atom. The zero-order chi connectivity index (χ0) is 13.8. The van der Waals surface area contributed by atoms with E-state index in [-0.39, 0.29) is 6.54 Å². The van der Waals surface area contributed by atoms with E-state index in [4.69, 9.17) is 5.11 Å². The molecule has 0 saturated heterocycles. The highest BCUT2D eigenvalue weighted by molar-refractivity contribution is 7.90. The highest BCUT2D eigenvalue weighted by Gasteiger charge is 2.41. The molecule has 1 rings (SSSR count). The van der Waals surface area contributed by atoms with Gasteiger partial charge in [0.2, 0.25) is 10.0 Å². The van der Waals surface area contributed by atoms with E-state index in [1.54, 1.807) is 6.92 Å². The van der Waals surface area contributed by atoms with Gasteiger partial charge in [0.25, 0.3) is 0 Å². The topological polar surface area (TPSA) is 92.7 Å². The highest BCUT2D eigenvalue weighted by Crippen LogP contribution is 2.31. The van der Waals surface area contributed by atoms with Gasteiger partial charge in [-0.15, -0.1) is 0 Å². The van der Waals surface area contributed by atoms with Gasteiger partial charge in [-0.1, -0.05) is 6.42 Å². The first kappa shape index (κ1) is 15.4. The lowest BCUT2D eigenvalue weighted by atomic mass is 10.1. The van der Waals surface area contributed by atoms with Crippen LogP contribution in [-0.2, 0) is 19.6 Å². The number of rotatable bonds is 6. The number of nitrogens with one attached hydrogen (secondary N) is 1. The summed E-state index contributed by atoms with van der Waals surface area (Å²) in [5.41, 5.74) is 0. The number of hydrogen-bond donors (Lipinski definition) is 2. The molecular weight excluding hydrogens is 258 g/mol. The summed E-state index contributed by atoms with van der Waals surface area (Å²) in [6, 6.07) is 0. The largest absolute Gasteiger partial charge is 0.469 e. The van der Waals surface area contributed by atoms with E-state index in [2.05, 4.69) is 9.46 Å². The van der Waals surface area contributed by atoms with Crippen molar-refractivity contribution in [3.05, 3.63) is 0 Å². The van der Waals surface area contributed by atoms with E-state index in [1.165, 1.54) is 7.11 Å². The zero-order valence-electron chi connectivity index (χ0n) is 10.8. The van der Waals surface area contributed by atoms with Crippen LogP contribution in [0.25, 0.3) is 0 Å². The summed E-state index contributed by atoms with van der Waals surface area (Å²) >= 11 is 0. The summed E-state index contributed by atoms with van der Waals surface area (Å²) in [6.07, 6.45) is 1.54. The normalized spacial score (nSPS) is 25.9. The number of carbonyl (C=O) groups excluding carboxylic acids is 1. The Labute approximate surface area is 108 Å². The molecule has 1 fully saturated rings. The van der Waals surface area contributed by atoms with Gasteiger partial charge in [0.05, 0.1) is 24.4 Å². The van der Waals surface area contributed by atoms with Gasteiger partial charge in [-0.2, -0.15) is 0 Å². The first-order valence-electron chi connectivity index (χ1n) is 6.13. The number of hydrogen-bond acceptors (Lipinski definition) is 5. The Hall–Kier alpha value is -0.660. The van der Waals surface area contributed by atoms with Gasteiger partial charge >= 0.3 is 5.97 Å². The smallest absolute Gasteiger partial charge is 0.310 e. The quantitative estimate of drug-likeness (QED) is 0.669. The lowest BCUT2D eigenvalue weighted by Gasteiger charge is -2.18. The number of ether oxygens (including phenoxy) is 1. The van der Waals surface area contributed by atoms with Crippen molar-refractivity contribution in [1.82, 2.24) is 4.72 Å². The Bertz CT molecular complexity index is 379. The van der Waals surface area contributed by atoms with Crippen molar-refractivity contribution in [2.75, 3.05) is 13.7 Å². The van der Waals surface area contributed by atoms with Gasteiger partial charge < -0.3 is 9.84 Å². The van der Waals surface area contributed by atoms with E-state index in [9.17, 15) is 13.2 Å². The maximum Gasteiger partial charge on any atom is 0.310 e. The molecule has 7 heteroatoms. The maximum absolute atomic E-state index is 12.0. The van der Waals surface area contributed by atoms with E-state index in [0.29, 0.717) is 25.7 Å². The van der Waals surface area contributed by atoms with Crippen LogP contribution in [0.5, 0.6) is 0 Å². The second kappa shape index (κ2) is 6.49. The molecule has 2 N–H and O–H groups in total. The Morgan fingerprint density at radius 3 is 2.72 bits per heavy atom. The van der Waals surface area contributed by atoms with Crippen molar-refractivity contribution in [1.29, 1.82) is 0 Å². The first-order valence-corrected chi connectivity index (χ1v) is 7.67. The van der Waals surface area contributed by atoms with Crippen molar-refractivity contribution >= 4 is 16.0 Å². The van der Waals surface area contributed by atoms with Crippen molar-refractivity contribution in [3.63, 3.8) is 0 Å². The molecule has 0 aliphatic heterocycles. The average Bonchev–Trinajstić information content (AvgIpc) is 2.76. The van der Waals surface area contributed by atoms with E-state index in [0.717, 1.165) is 0 Å². The van der Waals surface area contributed by atoms with Crippen molar-refractivity contribution < 1.29 is 23.1 Å². The Morgan fingerprint density at radius 2 is 2.17 bits per heavy atom. The lowest BCUT2D eigenvalue weighted by molar-refractivity contribution is -0.145. The second-order valence-electron chi connectivity index (χ2n) is 4.68. The van der Waals surface area contributed by atoms with Crippen LogP contribution in [0.1, 0.15) is 32.6 Å². The molecule has 18 heavy (non-hydrogen) atoms. The minimum absolute atomic E-state index is 0.185. The molecule has 0 aromatic rings. The summed E-state index contributed by atoms with van der Waals surface area (Å²) in [7, 11) is -2.25. The van der Waals surface area contributed by atoms with Gasteiger partial charge in [-0.3, -0.25) is 4.79 Å². The molecule has 1 aliphatic carbocycles. The molecule has 0 aromatic heterocycles. The average molecular weight is 279 g/mol. The monoisotopic (exact) mass is 279 g/mol. The van der Waals surface area contributed by atoms with Crippen LogP contribution >= 0.6 is 0 Å². The van der Waals surface area contributed by atoms with E-state index < -0.39 is 33.3 Å². The standard InChI is InChI=1S/C11H21NO5S/c1-8(13)6-7-12-18(15,16)10-5-3-4-9(10)11(14)17-2/h8-10,12-13H,3-7H2,1-2H3. The molecule has 1 aliphatic rings. The van der Waals surface area contributed by atoms with Crippen LogP contribution in [0.3, 0.4) is 0 Å². The maximum atomic E-state index is 12.0. The second-order valence-corrected chi connectivity index (χ2v) is 6.66. The molecule has 0 aromatic carbocycles. The fraction of sp³-hybridized carbons (Fsp3) is 0.909. The Kier molecular flexibility index (Phi) is 5.55. The van der Waals surface area contributed by atoms with Crippen LogP contribution in [0.4, 0.5) is 0 Å². The molecule has 106 valence electrons. The number of aliphatic hydroxyl groups is 1. The van der Waals surface area contributed by atoms with Gasteiger partial charge in [0.15, 0.2) is 0 Å². The molecule has 0 heterocycles. The first-order chi connectivity index (χ1) is 8.38. The van der Waals surface area contributed by atoms with Crippen LogP contribution < -0.4 is 4.72 Å². The summed E-state index contributed by atoms with van der Waals surface area (Å²) in [4.78, 5) is 11.5. The van der Waals surface area contributed by atoms with Gasteiger partial charge in [-0.25, -0.2) is 13.1 Å². The summed E-state index contributed by atoms with van der Waals surface area (Å²) in [5.74, 6) is -1.03. The fourth-order valence-corrected chi connectivity index (χ4v) is 4.01. The SMILES string of the molecule is COC(=O)C1CCCC1S(=O)(=O)NCCC(C)O. The lowest BCUT2D eigenvalue weighted by Crippen LogP contribution is -2.40. The predicted molar refractivity (Wildman–Crippen MR) is 66.4 cm³/mol.